The molecule has 9 heavy (non-hydrogen) atoms. The summed E-state index contributed by atoms with van der Waals surface area (Å²) >= 11 is 9.49. The molecule has 0 aliphatic heterocycles. The van der Waals surface area contributed by atoms with Gasteiger partial charge in [-0.15, -0.1) is 11.6 Å². The van der Waals surface area contributed by atoms with Crippen molar-refractivity contribution in [1.82, 2.24) is 0 Å². The standard InChI is InChI=1S/C7H6BrCl/c8-6-3-4-1-2-5(6)7(4)9/h1-5,7H. The molecular weight excluding hydrogens is 199 g/mol. The number of fused-ring (bicyclic) bond motifs is 2. The van der Waals surface area contributed by atoms with Gasteiger partial charge in [0.1, 0.15) is 0 Å². The Morgan fingerprint density at radius 3 is 2.44 bits per heavy atom. The molecule has 0 N–H and O–H groups in total. The van der Waals surface area contributed by atoms with Gasteiger partial charge in [-0.05, 0) is 0 Å². The Hall–Kier alpha value is 0.250. The van der Waals surface area contributed by atoms with Gasteiger partial charge in [-0.25, -0.2) is 0 Å². The first-order valence-electron chi connectivity index (χ1n) is 2.98. The zero-order chi connectivity index (χ0) is 6.43. The topological polar surface area (TPSA) is 0 Å². The van der Waals surface area contributed by atoms with Crippen LogP contribution in [0.1, 0.15) is 0 Å². The first kappa shape index (κ1) is 5.99. The highest BCUT2D eigenvalue weighted by atomic mass is 79.9. The number of alkyl halides is 1. The maximum absolute atomic E-state index is 6.03. The van der Waals surface area contributed by atoms with E-state index in [-0.39, 0.29) is 0 Å². The third kappa shape index (κ3) is 0.714. The molecule has 3 unspecified atom stereocenters. The number of halogens is 2. The van der Waals surface area contributed by atoms with Gasteiger partial charge in [0, 0.05) is 16.3 Å². The normalized spacial score (nSPS) is 46.0. The summed E-state index contributed by atoms with van der Waals surface area (Å²) in [6.45, 7) is 0. The van der Waals surface area contributed by atoms with E-state index in [1.807, 2.05) is 0 Å². The zero-order valence-electron chi connectivity index (χ0n) is 4.72. The Bertz CT molecular complexity index is 195. The van der Waals surface area contributed by atoms with Crippen LogP contribution in [0.15, 0.2) is 22.7 Å². The smallest absolute Gasteiger partial charge is 0.0541 e. The first-order valence-corrected chi connectivity index (χ1v) is 4.21. The van der Waals surface area contributed by atoms with Crippen molar-refractivity contribution in [2.45, 2.75) is 5.38 Å². The Morgan fingerprint density at radius 1 is 1.44 bits per heavy atom. The first-order chi connectivity index (χ1) is 4.29. The molecule has 0 saturated heterocycles. The highest BCUT2D eigenvalue weighted by molar-refractivity contribution is 9.11. The molecule has 2 rings (SSSR count). The van der Waals surface area contributed by atoms with Crippen LogP contribution >= 0.6 is 27.5 Å². The molecule has 0 amide bonds. The van der Waals surface area contributed by atoms with Crippen LogP contribution in [0.4, 0.5) is 0 Å². The van der Waals surface area contributed by atoms with E-state index in [9.17, 15) is 0 Å². The van der Waals surface area contributed by atoms with Crippen molar-refractivity contribution in [3.05, 3.63) is 22.7 Å². The van der Waals surface area contributed by atoms with Crippen molar-refractivity contribution in [2.24, 2.45) is 11.8 Å². The monoisotopic (exact) mass is 204 g/mol. The van der Waals surface area contributed by atoms with Crippen molar-refractivity contribution >= 4 is 27.5 Å². The average Bonchev–Trinajstić information content (AvgIpc) is 2.25. The number of allylic oxidation sites excluding steroid dienone is 4. The molecule has 2 heteroatoms. The van der Waals surface area contributed by atoms with Crippen LogP contribution in [0.2, 0.25) is 0 Å². The van der Waals surface area contributed by atoms with E-state index in [4.69, 9.17) is 11.6 Å². The van der Waals surface area contributed by atoms with Crippen molar-refractivity contribution in [1.29, 1.82) is 0 Å². The van der Waals surface area contributed by atoms with Gasteiger partial charge in [0.15, 0.2) is 0 Å². The quantitative estimate of drug-likeness (QED) is 0.421. The second kappa shape index (κ2) is 1.86. The van der Waals surface area contributed by atoms with Crippen LogP contribution in [0.5, 0.6) is 0 Å². The third-order valence-corrected chi connectivity index (χ3v) is 3.28. The second-order valence-corrected chi connectivity index (χ2v) is 3.90. The molecule has 2 aliphatic rings. The highest BCUT2D eigenvalue weighted by Gasteiger charge is 2.35. The molecule has 0 fully saturated rings. The minimum atomic E-state index is 0.291. The predicted octanol–water partition coefficient (Wildman–Crippen LogP) is 2.69. The number of hydrogen-bond donors (Lipinski definition) is 0. The van der Waals surface area contributed by atoms with Crippen LogP contribution in [-0.2, 0) is 0 Å². The van der Waals surface area contributed by atoms with Gasteiger partial charge < -0.3 is 0 Å². The van der Waals surface area contributed by atoms with Gasteiger partial charge in [0.2, 0.25) is 0 Å². The summed E-state index contributed by atoms with van der Waals surface area (Å²) in [4.78, 5) is 0. The van der Waals surface area contributed by atoms with E-state index in [2.05, 4.69) is 34.2 Å². The summed E-state index contributed by atoms with van der Waals surface area (Å²) in [6.07, 6.45) is 6.53. The Kier molecular flexibility index (Phi) is 1.24. The Labute approximate surface area is 67.7 Å². The second-order valence-electron chi connectivity index (χ2n) is 2.48. The Morgan fingerprint density at radius 2 is 2.22 bits per heavy atom. The molecule has 0 heterocycles. The van der Waals surface area contributed by atoms with E-state index < -0.39 is 0 Å². The molecule has 0 radical (unpaired) electrons. The largest absolute Gasteiger partial charge is 0.121 e. The summed E-state index contributed by atoms with van der Waals surface area (Å²) < 4.78 is 1.26. The molecule has 2 bridgehead atoms. The maximum Gasteiger partial charge on any atom is 0.0541 e. The van der Waals surface area contributed by atoms with Crippen LogP contribution in [-0.4, -0.2) is 5.38 Å². The Balaban J connectivity index is 2.35. The predicted molar refractivity (Wildman–Crippen MR) is 42.8 cm³/mol. The number of hydrogen-bond acceptors (Lipinski definition) is 0. The molecule has 48 valence electrons. The van der Waals surface area contributed by atoms with Gasteiger partial charge in [-0.2, -0.15) is 0 Å². The van der Waals surface area contributed by atoms with Crippen LogP contribution in [0.25, 0.3) is 0 Å². The summed E-state index contributed by atoms with van der Waals surface area (Å²) in [5, 5.41) is 0.291. The molecule has 0 saturated carbocycles. The summed E-state index contributed by atoms with van der Waals surface area (Å²) in [5.74, 6) is 0.961. The molecule has 3 atom stereocenters. The summed E-state index contributed by atoms with van der Waals surface area (Å²) in [6, 6.07) is 0. The van der Waals surface area contributed by atoms with E-state index in [0.717, 1.165) is 0 Å². The van der Waals surface area contributed by atoms with Crippen LogP contribution < -0.4 is 0 Å². The van der Waals surface area contributed by atoms with Crippen LogP contribution in [0.3, 0.4) is 0 Å². The minimum Gasteiger partial charge on any atom is -0.121 e. The zero-order valence-corrected chi connectivity index (χ0v) is 7.06. The summed E-state index contributed by atoms with van der Waals surface area (Å²) in [5.41, 5.74) is 0. The van der Waals surface area contributed by atoms with Gasteiger partial charge in [0.05, 0.1) is 5.38 Å². The lowest BCUT2D eigenvalue weighted by molar-refractivity contribution is 0.740. The fraction of sp³-hybridized carbons (Fsp3) is 0.429. The van der Waals surface area contributed by atoms with Crippen molar-refractivity contribution in [3.8, 4) is 0 Å². The molecule has 2 aliphatic carbocycles. The van der Waals surface area contributed by atoms with E-state index >= 15 is 0 Å². The molecular formula is C7H6BrCl. The molecule has 0 aromatic heterocycles. The molecule has 0 aromatic rings. The van der Waals surface area contributed by atoms with E-state index in [1.165, 1.54) is 4.48 Å². The number of rotatable bonds is 0. The van der Waals surface area contributed by atoms with Crippen LogP contribution in [0, 0.1) is 11.8 Å². The maximum atomic E-state index is 6.03. The fourth-order valence-corrected chi connectivity index (χ4v) is 2.66. The summed E-state index contributed by atoms with van der Waals surface area (Å²) in [7, 11) is 0. The highest BCUT2D eigenvalue weighted by Crippen LogP contribution is 2.44. The SMILES string of the molecule is ClC1C2C=CC1C(Br)=C2. The molecule has 0 nitrogen and oxygen atoms in total. The van der Waals surface area contributed by atoms with Gasteiger partial charge in [-0.1, -0.05) is 34.2 Å². The van der Waals surface area contributed by atoms with E-state index in [1.54, 1.807) is 0 Å². The van der Waals surface area contributed by atoms with Gasteiger partial charge in [-0.3, -0.25) is 0 Å². The van der Waals surface area contributed by atoms with Crippen molar-refractivity contribution in [3.63, 3.8) is 0 Å². The molecule has 0 spiro atoms. The lowest BCUT2D eigenvalue weighted by Crippen LogP contribution is -2.06. The lowest BCUT2D eigenvalue weighted by atomic mass is 10.1. The van der Waals surface area contributed by atoms with Gasteiger partial charge >= 0.3 is 0 Å². The van der Waals surface area contributed by atoms with Crippen molar-refractivity contribution in [2.75, 3.05) is 0 Å². The molecule has 0 aromatic carbocycles. The van der Waals surface area contributed by atoms with E-state index in [0.29, 0.717) is 17.2 Å². The van der Waals surface area contributed by atoms with Crippen molar-refractivity contribution < 1.29 is 0 Å². The lowest BCUT2D eigenvalue weighted by Gasteiger charge is -2.05. The van der Waals surface area contributed by atoms with Gasteiger partial charge in [0.25, 0.3) is 0 Å². The fourth-order valence-electron chi connectivity index (χ4n) is 1.39. The third-order valence-electron chi connectivity index (χ3n) is 1.92. The minimum absolute atomic E-state index is 0.291. The average molecular weight is 205 g/mol.